The Kier molecular flexibility index (Phi) is 7.78. The number of rotatable bonds is 8. The molecule has 35 heavy (non-hydrogen) atoms. The maximum Gasteiger partial charge on any atom is 0.264 e. The topological polar surface area (TPSA) is 90.8 Å². The van der Waals surface area contributed by atoms with Crippen LogP contribution >= 0.6 is 0 Å². The van der Waals surface area contributed by atoms with Gasteiger partial charge in [0.1, 0.15) is 0 Å². The fourth-order valence-corrected chi connectivity index (χ4v) is 8.06. The van der Waals surface area contributed by atoms with Crippen LogP contribution in [-0.2, 0) is 30.9 Å². The second-order valence-electron chi connectivity index (χ2n) is 9.96. The van der Waals surface area contributed by atoms with Crippen molar-refractivity contribution in [3.63, 3.8) is 0 Å². The highest BCUT2D eigenvalue weighted by atomic mass is 32.2. The number of hydrogen-bond acceptors (Lipinski definition) is 6. The fourth-order valence-electron chi connectivity index (χ4n) is 4.78. The molecule has 2 aromatic rings. The Bertz CT molecular complexity index is 1240. The summed E-state index contributed by atoms with van der Waals surface area (Å²) in [6, 6.07) is 12.5. The summed E-state index contributed by atoms with van der Waals surface area (Å²) in [5.41, 5.74) is 2.48. The first-order valence-electron chi connectivity index (χ1n) is 12.5. The molecule has 2 aliphatic heterocycles. The molecule has 0 saturated carbocycles. The first-order valence-corrected chi connectivity index (χ1v) is 15.6. The van der Waals surface area contributed by atoms with Gasteiger partial charge in [-0.3, -0.25) is 4.31 Å². The van der Waals surface area contributed by atoms with Gasteiger partial charge in [-0.05, 0) is 67.0 Å². The third-order valence-corrected chi connectivity index (χ3v) is 10.4. The largest absolute Gasteiger partial charge is 0.381 e. The van der Waals surface area contributed by atoms with E-state index in [-0.39, 0.29) is 16.6 Å². The van der Waals surface area contributed by atoms with Gasteiger partial charge in [0.15, 0.2) is 0 Å². The molecule has 1 atom stereocenters. The third-order valence-electron chi connectivity index (χ3n) is 6.85. The second kappa shape index (κ2) is 10.5. The smallest absolute Gasteiger partial charge is 0.264 e. The number of fused-ring (bicyclic) bond motifs is 1. The zero-order chi connectivity index (χ0) is 25.2. The minimum Gasteiger partial charge on any atom is -0.381 e. The van der Waals surface area contributed by atoms with Gasteiger partial charge in [-0.15, -0.1) is 0 Å². The number of hydrogen-bond donors (Lipinski definition) is 1. The number of aryl methyl sites for hydroxylation is 1. The molecule has 192 valence electrons. The first kappa shape index (κ1) is 26.0. The summed E-state index contributed by atoms with van der Waals surface area (Å²) in [6.07, 6.45) is 2.84. The molecule has 2 heterocycles. The number of benzene rings is 2. The normalized spacial score (nSPS) is 21.2. The lowest BCUT2D eigenvalue weighted by molar-refractivity contribution is 0.0682. The van der Waals surface area contributed by atoms with Crippen molar-refractivity contribution in [2.24, 2.45) is 11.8 Å². The number of nitrogens with one attached hydrogen (secondary N) is 1. The van der Waals surface area contributed by atoms with Gasteiger partial charge in [0.25, 0.3) is 10.0 Å². The van der Waals surface area contributed by atoms with Gasteiger partial charge < -0.3 is 9.64 Å². The summed E-state index contributed by atoms with van der Waals surface area (Å²) in [5, 5.41) is 0. The van der Waals surface area contributed by atoms with Crippen LogP contribution in [-0.4, -0.2) is 51.2 Å². The van der Waals surface area contributed by atoms with Crippen LogP contribution in [0.2, 0.25) is 0 Å². The molecule has 2 aromatic carbocycles. The Morgan fingerprint density at radius 3 is 2.46 bits per heavy atom. The van der Waals surface area contributed by atoms with E-state index >= 15 is 0 Å². The fraction of sp³-hybridized carbons (Fsp3) is 0.538. The molecule has 9 heteroatoms. The molecule has 2 aliphatic rings. The molecule has 0 amide bonds. The summed E-state index contributed by atoms with van der Waals surface area (Å²) >= 11 is 0. The molecule has 7 nitrogen and oxygen atoms in total. The van der Waals surface area contributed by atoms with Crippen LogP contribution in [0, 0.1) is 16.6 Å². The molecule has 0 aromatic heterocycles. The molecule has 0 aliphatic carbocycles. The molecule has 0 spiro atoms. The highest BCUT2D eigenvalue weighted by molar-refractivity contribution is 7.93. The third kappa shape index (κ3) is 5.67. The zero-order valence-corrected chi connectivity index (χ0v) is 22.5. The van der Waals surface area contributed by atoms with Crippen molar-refractivity contribution in [3.8, 4) is 0 Å². The quantitative estimate of drug-likeness (QED) is 0.543. The maximum absolute atomic E-state index is 13.9. The van der Waals surface area contributed by atoms with E-state index in [9.17, 15) is 12.6 Å². The van der Waals surface area contributed by atoms with Crippen molar-refractivity contribution in [3.05, 3.63) is 48.0 Å². The van der Waals surface area contributed by atoms with Crippen LogP contribution in [0.25, 0.3) is 0 Å². The van der Waals surface area contributed by atoms with Gasteiger partial charge in [0, 0.05) is 32.8 Å². The first-order chi connectivity index (χ1) is 16.6. The van der Waals surface area contributed by atoms with Crippen LogP contribution in [0.3, 0.4) is 0 Å². The molecule has 1 saturated heterocycles. The van der Waals surface area contributed by atoms with E-state index in [2.05, 4.69) is 11.8 Å². The minimum absolute atomic E-state index is 0.0874. The summed E-state index contributed by atoms with van der Waals surface area (Å²) < 4.78 is 56.4. The molecular formula is C26H37N3O4S2. The summed E-state index contributed by atoms with van der Waals surface area (Å²) in [5.74, 6) is 0.803. The Labute approximate surface area is 210 Å². The maximum atomic E-state index is 13.9. The average molecular weight is 520 g/mol. The van der Waals surface area contributed by atoms with Crippen LogP contribution in [0.4, 0.5) is 11.4 Å². The standard InChI is InChI=1S/C26H37N3O4S2/c1-4-21-5-7-23(8-6-21)29(18-20(2)3)35(31,32)24-9-10-25-26(17-24)34(27,30)16-13-28(25)19-22-11-14-33-15-12-22/h5-10,17,20,22,27H,4,11-16,18-19H2,1-3H3. The summed E-state index contributed by atoms with van der Waals surface area (Å²) in [6.45, 7) is 9.22. The van der Waals surface area contributed by atoms with Gasteiger partial charge >= 0.3 is 0 Å². The van der Waals surface area contributed by atoms with Crippen LogP contribution < -0.4 is 9.21 Å². The van der Waals surface area contributed by atoms with Gasteiger partial charge in [0.2, 0.25) is 0 Å². The molecule has 1 unspecified atom stereocenters. The monoisotopic (exact) mass is 519 g/mol. The number of anilines is 2. The van der Waals surface area contributed by atoms with Crippen LogP contribution in [0.5, 0.6) is 0 Å². The van der Waals surface area contributed by atoms with Crippen LogP contribution in [0.1, 0.15) is 39.2 Å². The van der Waals surface area contributed by atoms with E-state index in [0.29, 0.717) is 29.6 Å². The SMILES string of the molecule is CCc1ccc(N(CC(C)C)S(=O)(=O)c2ccc3c(c2)S(=N)(=O)CCN3CC2CCOCC2)cc1. The molecule has 1 N–H and O–H groups in total. The van der Waals surface area contributed by atoms with Gasteiger partial charge in [-0.2, -0.15) is 0 Å². The average Bonchev–Trinajstić information content (AvgIpc) is 2.85. The zero-order valence-electron chi connectivity index (χ0n) is 20.9. The molecule has 0 bridgehead atoms. The Hall–Kier alpha value is -2.10. The Morgan fingerprint density at radius 2 is 1.83 bits per heavy atom. The lowest BCUT2D eigenvalue weighted by Gasteiger charge is -2.36. The highest BCUT2D eigenvalue weighted by Gasteiger charge is 2.32. The van der Waals surface area contributed by atoms with Gasteiger partial charge in [0.05, 0.1) is 36.6 Å². The molecule has 1 fully saturated rings. The van der Waals surface area contributed by atoms with Crippen molar-refractivity contribution < 1.29 is 17.4 Å². The lowest BCUT2D eigenvalue weighted by atomic mass is 9.99. The predicted molar refractivity (Wildman–Crippen MR) is 141 cm³/mol. The Morgan fingerprint density at radius 1 is 1.14 bits per heavy atom. The van der Waals surface area contributed by atoms with E-state index in [0.717, 1.165) is 50.3 Å². The highest BCUT2D eigenvalue weighted by Crippen LogP contribution is 2.36. The van der Waals surface area contributed by atoms with E-state index in [1.165, 1.54) is 10.4 Å². The number of ether oxygens (including phenoxy) is 1. The molecule has 4 rings (SSSR count). The van der Waals surface area contributed by atoms with Gasteiger partial charge in [-0.1, -0.05) is 32.9 Å². The van der Waals surface area contributed by atoms with Crippen molar-refractivity contribution in [1.82, 2.24) is 0 Å². The van der Waals surface area contributed by atoms with Crippen molar-refractivity contribution in [2.75, 3.05) is 47.8 Å². The predicted octanol–water partition coefficient (Wildman–Crippen LogP) is 4.75. The van der Waals surface area contributed by atoms with Crippen molar-refractivity contribution in [1.29, 1.82) is 4.78 Å². The molecule has 0 radical (unpaired) electrons. The minimum atomic E-state index is -3.91. The van der Waals surface area contributed by atoms with E-state index in [4.69, 9.17) is 9.52 Å². The number of sulfonamides is 1. The van der Waals surface area contributed by atoms with Gasteiger partial charge in [-0.25, -0.2) is 17.4 Å². The summed E-state index contributed by atoms with van der Waals surface area (Å²) in [7, 11) is -6.98. The van der Waals surface area contributed by atoms with Crippen molar-refractivity contribution >= 4 is 31.1 Å². The second-order valence-corrected chi connectivity index (χ2v) is 14.0. The van der Waals surface area contributed by atoms with E-state index in [1.54, 1.807) is 12.1 Å². The number of nitrogens with zero attached hydrogens (tertiary/aromatic N) is 2. The summed E-state index contributed by atoms with van der Waals surface area (Å²) in [4.78, 5) is 2.60. The molecular weight excluding hydrogens is 482 g/mol. The van der Waals surface area contributed by atoms with Crippen LogP contribution in [0.15, 0.2) is 52.3 Å². The van der Waals surface area contributed by atoms with E-state index in [1.807, 2.05) is 38.1 Å². The lowest BCUT2D eigenvalue weighted by Crippen LogP contribution is -2.40. The van der Waals surface area contributed by atoms with E-state index < -0.39 is 19.8 Å². The van der Waals surface area contributed by atoms with Crippen molar-refractivity contribution in [2.45, 2.75) is 49.8 Å². The Balaban J connectivity index is 1.71.